The molecule has 0 fully saturated rings. The van der Waals surface area contributed by atoms with Crippen molar-refractivity contribution in [1.29, 1.82) is 0 Å². The zero-order valence-corrected chi connectivity index (χ0v) is 11.4. The molecule has 0 spiro atoms. The summed E-state index contributed by atoms with van der Waals surface area (Å²) in [5.41, 5.74) is 5.88. The van der Waals surface area contributed by atoms with Crippen molar-refractivity contribution in [2.45, 2.75) is 4.90 Å². The molecule has 4 nitrogen and oxygen atoms in total. The fraction of sp³-hybridized carbons (Fsp3) is 0.111. The number of nitrogen functional groups attached to an aromatic ring is 1. The second kappa shape index (κ2) is 5.18. The minimum absolute atomic E-state index is 0.00267. The molecule has 0 radical (unpaired) electrons. The van der Waals surface area contributed by atoms with Gasteiger partial charge in [-0.2, -0.15) is 0 Å². The number of halogens is 2. The minimum Gasteiger partial charge on any atom is -0.399 e. The molecule has 16 heavy (non-hydrogen) atoms. The standard InChI is InChI=1S/C9H10BrClN2O2S/c1-6(10)5-13-16(14,15)9-3-2-7(12)4-8(9)11/h2-4,13H,1,5,12H2. The number of anilines is 1. The molecular weight excluding hydrogens is 316 g/mol. The molecule has 7 heteroatoms. The van der Waals surface area contributed by atoms with E-state index in [4.69, 9.17) is 17.3 Å². The van der Waals surface area contributed by atoms with E-state index in [2.05, 4.69) is 27.2 Å². The maximum atomic E-state index is 11.8. The summed E-state index contributed by atoms with van der Waals surface area (Å²) in [5, 5.41) is 0.0904. The number of sulfonamides is 1. The molecule has 0 aliphatic rings. The Morgan fingerprint density at radius 3 is 2.69 bits per heavy atom. The van der Waals surface area contributed by atoms with Crippen molar-refractivity contribution in [2.75, 3.05) is 12.3 Å². The van der Waals surface area contributed by atoms with Gasteiger partial charge < -0.3 is 5.73 Å². The maximum absolute atomic E-state index is 11.8. The molecule has 88 valence electrons. The average molecular weight is 326 g/mol. The van der Waals surface area contributed by atoms with Crippen LogP contribution in [0.15, 0.2) is 34.2 Å². The molecule has 0 unspecified atom stereocenters. The van der Waals surface area contributed by atoms with Crippen LogP contribution in [0.1, 0.15) is 0 Å². The molecule has 0 atom stereocenters. The Labute approximate surface area is 108 Å². The number of benzene rings is 1. The van der Waals surface area contributed by atoms with E-state index < -0.39 is 10.0 Å². The van der Waals surface area contributed by atoms with Crippen LogP contribution in [0.25, 0.3) is 0 Å². The Hall–Kier alpha value is -0.560. The van der Waals surface area contributed by atoms with Crippen molar-refractivity contribution in [3.05, 3.63) is 34.3 Å². The third kappa shape index (κ3) is 3.48. The van der Waals surface area contributed by atoms with Gasteiger partial charge in [-0.1, -0.05) is 34.1 Å². The Morgan fingerprint density at radius 1 is 1.56 bits per heavy atom. The van der Waals surface area contributed by atoms with Gasteiger partial charge in [0, 0.05) is 16.7 Å². The lowest BCUT2D eigenvalue weighted by atomic mass is 10.3. The lowest BCUT2D eigenvalue weighted by Gasteiger charge is -2.08. The van der Waals surface area contributed by atoms with Gasteiger partial charge in [0.25, 0.3) is 0 Å². The Balaban J connectivity index is 3.03. The first-order chi connectivity index (χ1) is 7.33. The number of nitrogens with two attached hydrogens (primary N) is 1. The van der Waals surface area contributed by atoms with E-state index in [-0.39, 0.29) is 16.5 Å². The van der Waals surface area contributed by atoms with E-state index in [9.17, 15) is 8.42 Å². The van der Waals surface area contributed by atoms with Gasteiger partial charge in [-0.05, 0) is 18.2 Å². The summed E-state index contributed by atoms with van der Waals surface area (Å²) in [4.78, 5) is -0.00267. The Kier molecular flexibility index (Phi) is 4.37. The van der Waals surface area contributed by atoms with E-state index in [1.165, 1.54) is 18.2 Å². The second-order valence-electron chi connectivity index (χ2n) is 3.03. The summed E-state index contributed by atoms with van der Waals surface area (Å²) >= 11 is 8.85. The molecule has 0 saturated carbocycles. The van der Waals surface area contributed by atoms with E-state index in [1.54, 1.807) is 0 Å². The van der Waals surface area contributed by atoms with Crippen LogP contribution in [0.5, 0.6) is 0 Å². The molecule has 0 aromatic heterocycles. The zero-order chi connectivity index (χ0) is 12.3. The van der Waals surface area contributed by atoms with Gasteiger partial charge in [0.2, 0.25) is 10.0 Å². The van der Waals surface area contributed by atoms with E-state index in [1.807, 2.05) is 0 Å². The first-order valence-electron chi connectivity index (χ1n) is 4.21. The van der Waals surface area contributed by atoms with Crippen LogP contribution in [-0.4, -0.2) is 15.0 Å². The fourth-order valence-electron chi connectivity index (χ4n) is 0.986. The largest absolute Gasteiger partial charge is 0.399 e. The molecule has 0 aliphatic carbocycles. The summed E-state index contributed by atoms with van der Waals surface area (Å²) in [7, 11) is -3.63. The monoisotopic (exact) mass is 324 g/mol. The zero-order valence-electron chi connectivity index (χ0n) is 8.20. The summed E-state index contributed by atoms with van der Waals surface area (Å²) in [6.07, 6.45) is 0. The summed E-state index contributed by atoms with van der Waals surface area (Å²) in [6.45, 7) is 3.63. The predicted molar refractivity (Wildman–Crippen MR) is 69.1 cm³/mol. The van der Waals surface area contributed by atoms with Gasteiger partial charge in [-0.3, -0.25) is 0 Å². The predicted octanol–water partition coefficient (Wildman–Crippen LogP) is 2.11. The molecule has 1 aromatic carbocycles. The highest BCUT2D eigenvalue weighted by atomic mass is 79.9. The summed E-state index contributed by atoms with van der Waals surface area (Å²) in [5.74, 6) is 0. The van der Waals surface area contributed by atoms with Gasteiger partial charge in [0.15, 0.2) is 0 Å². The van der Waals surface area contributed by atoms with Crippen LogP contribution in [0.2, 0.25) is 5.02 Å². The van der Waals surface area contributed by atoms with Crippen molar-refractivity contribution >= 4 is 43.2 Å². The van der Waals surface area contributed by atoms with Crippen LogP contribution in [-0.2, 0) is 10.0 Å². The van der Waals surface area contributed by atoms with Crippen LogP contribution in [0, 0.1) is 0 Å². The number of rotatable bonds is 4. The first kappa shape index (κ1) is 13.5. The van der Waals surface area contributed by atoms with Crippen LogP contribution in [0.4, 0.5) is 5.69 Å². The third-order valence-corrected chi connectivity index (χ3v) is 3.86. The highest BCUT2D eigenvalue weighted by Crippen LogP contribution is 2.23. The molecule has 0 heterocycles. The van der Waals surface area contributed by atoms with Gasteiger partial charge in [-0.25, -0.2) is 13.1 Å². The molecule has 1 aromatic rings. The first-order valence-corrected chi connectivity index (χ1v) is 6.86. The number of hydrogen-bond donors (Lipinski definition) is 2. The summed E-state index contributed by atoms with van der Waals surface area (Å²) < 4.78 is 26.4. The van der Waals surface area contributed by atoms with Crippen LogP contribution >= 0.6 is 27.5 Å². The minimum atomic E-state index is -3.63. The lowest BCUT2D eigenvalue weighted by Crippen LogP contribution is -2.25. The van der Waals surface area contributed by atoms with Crippen molar-refractivity contribution in [3.63, 3.8) is 0 Å². The number of nitrogens with one attached hydrogen (secondary N) is 1. The fourth-order valence-corrected chi connectivity index (χ4v) is 2.89. The van der Waals surface area contributed by atoms with Crippen molar-refractivity contribution in [3.8, 4) is 0 Å². The smallest absolute Gasteiger partial charge is 0.242 e. The van der Waals surface area contributed by atoms with Crippen molar-refractivity contribution in [2.24, 2.45) is 0 Å². The summed E-state index contributed by atoms with van der Waals surface area (Å²) in [6, 6.07) is 4.22. The van der Waals surface area contributed by atoms with Gasteiger partial charge in [0.05, 0.1) is 5.02 Å². The lowest BCUT2D eigenvalue weighted by molar-refractivity contribution is 0.585. The Bertz CT molecular complexity index is 516. The quantitative estimate of drug-likeness (QED) is 0.833. The van der Waals surface area contributed by atoms with E-state index in [0.717, 1.165) is 0 Å². The highest BCUT2D eigenvalue weighted by Gasteiger charge is 2.17. The SMILES string of the molecule is C=C(Br)CNS(=O)(=O)c1ccc(N)cc1Cl. The highest BCUT2D eigenvalue weighted by molar-refractivity contribution is 9.11. The van der Waals surface area contributed by atoms with Crippen molar-refractivity contribution < 1.29 is 8.42 Å². The van der Waals surface area contributed by atoms with E-state index in [0.29, 0.717) is 10.2 Å². The normalized spacial score (nSPS) is 11.4. The molecule has 0 amide bonds. The molecule has 1 rings (SSSR count). The number of hydrogen-bond acceptors (Lipinski definition) is 3. The van der Waals surface area contributed by atoms with Gasteiger partial charge in [-0.15, -0.1) is 0 Å². The molecular formula is C9H10BrClN2O2S. The van der Waals surface area contributed by atoms with Crippen LogP contribution in [0.3, 0.4) is 0 Å². The molecule has 0 aliphatic heterocycles. The van der Waals surface area contributed by atoms with Crippen molar-refractivity contribution in [1.82, 2.24) is 4.72 Å². The third-order valence-electron chi connectivity index (χ3n) is 1.70. The second-order valence-corrected chi connectivity index (χ2v) is 6.30. The molecule has 0 saturated heterocycles. The van der Waals surface area contributed by atoms with Gasteiger partial charge in [0.1, 0.15) is 4.90 Å². The van der Waals surface area contributed by atoms with Gasteiger partial charge >= 0.3 is 0 Å². The Morgan fingerprint density at radius 2 is 2.19 bits per heavy atom. The van der Waals surface area contributed by atoms with E-state index >= 15 is 0 Å². The topological polar surface area (TPSA) is 72.2 Å². The molecule has 0 bridgehead atoms. The average Bonchev–Trinajstić information content (AvgIpc) is 2.14. The molecule has 3 N–H and O–H groups in total. The van der Waals surface area contributed by atoms with Crippen LogP contribution < -0.4 is 10.5 Å². The maximum Gasteiger partial charge on any atom is 0.242 e.